The van der Waals surface area contributed by atoms with Crippen LogP contribution in [-0.4, -0.2) is 45.0 Å². The lowest BCUT2D eigenvalue weighted by Crippen LogP contribution is -2.33. The van der Waals surface area contributed by atoms with E-state index in [1.807, 2.05) is 6.07 Å². The lowest BCUT2D eigenvalue weighted by Gasteiger charge is -2.27. The largest absolute Gasteiger partial charge is 0.393 e. The van der Waals surface area contributed by atoms with Crippen molar-refractivity contribution < 1.29 is 14.3 Å². The van der Waals surface area contributed by atoms with Crippen molar-refractivity contribution in [3.05, 3.63) is 41.8 Å². The number of carbonyl (C=O) groups is 1. The fraction of sp³-hybridized carbons (Fsp3) is 0.421. The molecule has 2 aliphatic rings. The molecule has 3 atom stereocenters. The molecule has 0 spiro atoms. The molecular formula is C19H20FN5O2. The molecule has 1 saturated heterocycles. The van der Waals surface area contributed by atoms with Crippen molar-refractivity contribution in [3.63, 3.8) is 0 Å². The van der Waals surface area contributed by atoms with Crippen LogP contribution in [0.5, 0.6) is 0 Å². The Labute approximate surface area is 156 Å². The summed E-state index contributed by atoms with van der Waals surface area (Å²) >= 11 is 0. The van der Waals surface area contributed by atoms with Crippen LogP contribution in [0.4, 0.5) is 15.0 Å². The highest BCUT2D eigenvalue weighted by Gasteiger charge is 2.39. The van der Waals surface area contributed by atoms with Crippen molar-refractivity contribution >= 4 is 11.8 Å². The van der Waals surface area contributed by atoms with Gasteiger partial charge in [-0.3, -0.25) is 5.32 Å². The van der Waals surface area contributed by atoms with Crippen molar-refractivity contribution in [1.82, 2.24) is 14.7 Å². The van der Waals surface area contributed by atoms with Gasteiger partial charge in [-0.15, -0.1) is 5.10 Å². The summed E-state index contributed by atoms with van der Waals surface area (Å²) in [6.45, 7) is 1.32. The van der Waals surface area contributed by atoms with Crippen LogP contribution in [-0.2, 0) is 0 Å². The van der Waals surface area contributed by atoms with Crippen molar-refractivity contribution in [2.24, 2.45) is 11.8 Å². The van der Waals surface area contributed by atoms with Crippen molar-refractivity contribution in [3.8, 4) is 11.8 Å². The van der Waals surface area contributed by atoms with Crippen molar-refractivity contribution in [2.45, 2.75) is 25.4 Å². The zero-order valence-corrected chi connectivity index (χ0v) is 14.7. The summed E-state index contributed by atoms with van der Waals surface area (Å²) < 4.78 is 15.1. The number of hydrogen-bond acceptors (Lipinski definition) is 4. The molecule has 7 nitrogen and oxygen atoms in total. The Hall–Kier alpha value is -2.92. The smallest absolute Gasteiger partial charge is 0.323 e. The molecule has 27 heavy (non-hydrogen) atoms. The van der Waals surface area contributed by atoms with E-state index in [9.17, 15) is 14.3 Å². The number of nitrogens with one attached hydrogen (secondary N) is 1. The quantitative estimate of drug-likeness (QED) is 0.850. The first-order valence-electron chi connectivity index (χ1n) is 9.04. The van der Waals surface area contributed by atoms with Gasteiger partial charge in [0.15, 0.2) is 5.82 Å². The Morgan fingerprint density at radius 3 is 2.93 bits per heavy atom. The number of fused-ring (bicyclic) bond motifs is 1. The highest BCUT2D eigenvalue weighted by Crippen LogP contribution is 2.36. The first kappa shape index (κ1) is 17.5. The van der Waals surface area contributed by atoms with E-state index in [2.05, 4.69) is 10.4 Å². The lowest BCUT2D eigenvalue weighted by molar-refractivity contribution is 0.0866. The van der Waals surface area contributed by atoms with E-state index in [-0.39, 0.29) is 17.7 Å². The van der Waals surface area contributed by atoms with E-state index in [1.54, 1.807) is 23.2 Å². The number of carbonyl (C=O) groups excluding carboxylic acids is 1. The number of aromatic nitrogens is 2. The van der Waals surface area contributed by atoms with E-state index in [4.69, 9.17) is 5.26 Å². The molecule has 0 radical (unpaired) electrons. The van der Waals surface area contributed by atoms with Gasteiger partial charge in [-0.1, -0.05) is 6.07 Å². The summed E-state index contributed by atoms with van der Waals surface area (Å²) in [4.78, 5) is 14.3. The second kappa shape index (κ2) is 7.00. The number of urea groups is 1. The Morgan fingerprint density at radius 1 is 1.30 bits per heavy atom. The Bertz CT molecular complexity index is 906. The molecule has 4 rings (SSSR count). The van der Waals surface area contributed by atoms with Crippen LogP contribution < -0.4 is 5.32 Å². The number of nitrogens with zero attached hydrogens (tertiary/aromatic N) is 4. The number of amides is 2. The van der Waals surface area contributed by atoms with Crippen LogP contribution in [0, 0.1) is 29.0 Å². The van der Waals surface area contributed by atoms with Crippen LogP contribution in [0.2, 0.25) is 0 Å². The Kier molecular flexibility index (Phi) is 4.54. The van der Waals surface area contributed by atoms with Crippen LogP contribution in [0.1, 0.15) is 24.8 Å². The van der Waals surface area contributed by atoms with Crippen LogP contribution in [0.25, 0.3) is 5.69 Å². The van der Waals surface area contributed by atoms with Gasteiger partial charge in [-0.25, -0.2) is 13.9 Å². The van der Waals surface area contributed by atoms with Gasteiger partial charge >= 0.3 is 6.03 Å². The predicted molar refractivity (Wildman–Crippen MR) is 95.7 cm³/mol. The van der Waals surface area contributed by atoms with E-state index in [1.165, 1.54) is 16.8 Å². The maximum atomic E-state index is 13.8. The molecule has 2 heterocycles. The van der Waals surface area contributed by atoms with Gasteiger partial charge in [0.05, 0.1) is 11.8 Å². The number of halogens is 1. The minimum atomic E-state index is -0.613. The molecular weight excluding hydrogens is 349 g/mol. The first-order valence-corrected chi connectivity index (χ1v) is 9.04. The average molecular weight is 369 g/mol. The second-order valence-electron chi connectivity index (χ2n) is 7.21. The van der Waals surface area contributed by atoms with E-state index >= 15 is 0 Å². The predicted octanol–water partition coefficient (Wildman–Crippen LogP) is 2.51. The molecule has 2 aromatic rings. The summed E-state index contributed by atoms with van der Waals surface area (Å²) in [5.74, 6) is 0.519. The van der Waals surface area contributed by atoms with Gasteiger partial charge in [0.2, 0.25) is 0 Å². The molecule has 3 unspecified atom stereocenters. The monoisotopic (exact) mass is 369 g/mol. The number of anilines is 1. The Morgan fingerprint density at radius 2 is 2.11 bits per heavy atom. The maximum absolute atomic E-state index is 13.8. The number of aliphatic hydroxyl groups excluding tert-OH is 1. The minimum absolute atomic E-state index is 0.0966. The second-order valence-corrected chi connectivity index (χ2v) is 7.21. The molecule has 0 bridgehead atoms. The van der Waals surface area contributed by atoms with E-state index in [0.29, 0.717) is 36.4 Å². The van der Waals surface area contributed by atoms with Gasteiger partial charge in [0, 0.05) is 25.4 Å². The molecule has 1 aromatic carbocycles. The number of aliphatic hydroxyl groups is 1. The molecule has 2 N–H and O–H groups in total. The zero-order valence-electron chi connectivity index (χ0n) is 14.7. The fourth-order valence-corrected chi connectivity index (χ4v) is 4.10. The summed E-state index contributed by atoms with van der Waals surface area (Å²) in [5, 5.41) is 26.0. The summed E-state index contributed by atoms with van der Waals surface area (Å²) in [6.07, 6.45) is 3.81. The van der Waals surface area contributed by atoms with Gasteiger partial charge in [0.25, 0.3) is 0 Å². The van der Waals surface area contributed by atoms with E-state index < -0.39 is 5.82 Å². The maximum Gasteiger partial charge on any atom is 0.323 e. The first-order chi connectivity index (χ1) is 13.0. The van der Waals surface area contributed by atoms with Gasteiger partial charge in [0.1, 0.15) is 17.4 Å². The molecule has 2 fully saturated rings. The molecule has 1 aliphatic heterocycles. The highest BCUT2D eigenvalue weighted by atomic mass is 19.1. The van der Waals surface area contributed by atoms with Crippen molar-refractivity contribution in [2.75, 3.05) is 18.4 Å². The summed E-state index contributed by atoms with van der Waals surface area (Å²) in [6, 6.07) is 7.53. The Balaban J connectivity index is 1.45. The van der Waals surface area contributed by atoms with Crippen LogP contribution >= 0.6 is 0 Å². The zero-order chi connectivity index (χ0) is 19.0. The number of rotatable bonds is 2. The normalized spacial score (nSPS) is 24.3. The third-order valence-electron chi connectivity index (χ3n) is 5.48. The van der Waals surface area contributed by atoms with Gasteiger partial charge in [-0.2, -0.15) is 5.26 Å². The molecule has 1 aliphatic carbocycles. The number of hydrogen-bond donors (Lipinski definition) is 2. The topological polar surface area (TPSA) is 94.2 Å². The summed E-state index contributed by atoms with van der Waals surface area (Å²) in [7, 11) is 0. The standard InChI is InChI=1S/C19H20FN5O2/c20-16-2-1-3-17(15(16)9-21)25-7-6-18(23-25)22-19(27)24-10-12-4-5-14(26)8-13(12)11-24/h1-3,6-7,12-14,26H,4-5,8,10-11H2,(H,22,23,27). The van der Waals surface area contributed by atoms with Gasteiger partial charge < -0.3 is 10.0 Å². The van der Waals surface area contributed by atoms with Crippen LogP contribution in [0.15, 0.2) is 30.5 Å². The molecule has 8 heteroatoms. The van der Waals surface area contributed by atoms with E-state index in [0.717, 1.165) is 19.3 Å². The number of likely N-dealkylation sites (tertiary alicyclic amines) is 1. The third-order valence-corrected chi connectivity index (χ3v) is 5.48. The molecule has 1 saturated carbocycles. The number of benzene rings is 1. The third kappa shape index (κ3) is 3.38. The molecule has 140 valence electrons. The average Bonchev–Trinajstić information content (AvgIpc) is 3.28. The SMILES string of the molecule is N#Cc1c(F)cccc1-n1ccc(NC(=O)N2CC3CCC(O)CC3C2)n1. The number of nitriles is 1. The molecule has 2 amide bonds. The summed E-state index contributed by atoms with van der Waals surface area (Å²) in [5.41, 5.74) is 0.222. The lowest BCUT2D eigenvalue weighted by atomic mass is 9.80. The van der Waals surface area contributed by atoms with Gasteiger partial charge in [-0.05, 0) is 43.2 Å². The van der Waals surface area contributed by atoms with Crippen LogP contribution in [0.3, 0.4) is 0 Å². The molecule has 1 aromatic heterocycles. The van der Waals surface area contributed by atoms with Crippen molar-refractivity contribution in [1.29, 1.82) is 5.26 Å². The minimum Gasteiger partial charge on any atom is -0.393 e. The fourth-order valence-electron chi connectivity index (χ4n) is 4.10. The highest BCUT2D eigenvalue weighted by molar-refractivity contribution is 5.88.